The standard InChI is InChI=1S/C34H70N4O3/c1-3-5-7-9-11-13-15-17-19-21-25-35-27-23-29-37-32(34(40)41)31-33(39)38-30-24-28-36-26-22-20-18-16-14-12-10-8-6-4-2/h32,35-37H,3-31H2,1-2H3,(H,38,39)(H,40,41)/t32-/m0/s1. The van der Waals surface area contributed by atoms with E-state index in [1.807, 2.05) is 0 Å². The molecule has 1 atom stereocenters. The first-order chi connectivity index (χ1) is 20.1. The SMILES string of the molecule is CCCCCCCCCCCCNCCCNC(=O)C[C@H](NCCCNCCCCCCCCCCCC)C(=O)O. The molecule has 7 nitrogen and oxygen atoms in total. The highest BCUT2D eigenvalue weighted by atomic mass is 16.4. The van der Waals surface area contributed by atoms with Crippen molar-refractivity contribution in [2.75, 3.05) is 39.3 Å². The number of carboxylic acid groups (broad SMARTS) is 1. The number of amides is 1. The third-order valence-electron chi connectivity index (χ3n) is 7.88. The third-order valence-corrected chi connectivity index (χ3v) is 7.88. The fourth-order valence-corrected chi connectivity index (χ4v) is 5.16. The van der Waals surface area contributed by atoms with Gasteiger partial charge in [-0.15, -0.1) is 0 Å². The van der Waals surface area contributed by atoms with E-state index in [1.165, 1.54) is 128 Å². The molecule has 244 valence electrons. The van der Waals surface area contributed by atoms with E-state index in [2.05, 4.69) is 35.1 Å². The van der Waals surface area contributed by atoms with E-state index in [0.717, 1.165) is 39.0 Å². The van der Waals surface area contributed by atoms with Gasteiger partial charge >= 0.3 is 5.97 Å². The first-order valence-corrected chi connectivity index (χ1v) is 17.8. The molecule has 0 aliphatic rings. The van der Waals surface area contributed by atoms with Crippen LogP contribution in [-0.4, -0.2) is 62.3 Å². The summed E-state index contributed by atoms with van der Waals surface area (Å²) < 4.78 is 0. The molecule has 0 fully saturated rings. The van der Waals surface area contributed by atoms with Crippen LogP contribution in [0.5, 0.6) is 0 Å². The molecule has 0 aromatic heterocycles. The van der Waals surface area contributed by atoms with E-state index in [-0.39, 0.29) is 12.3 Å². The predicted molar refractivity (Wildman–Crippen MR) is 176 cm³/mol. The van der Waals surface area contributed by atoms with E-state index in [4.69, 9.17) is 0 Å². The van der Waals surface area contributed by atoms with Crippen LogP contribution >= 0.6 is 0 Å². The van der Waals surface area contributed by atoms with Crippen LogP contribution in [0, 0.1) is 0 Å². The van der Waals surface area contributed by atoms with Crippen molar-refractivity contribution >= 4 is 11.9 Å². The molecule has 0 aliphatic carbocycles. The Balaban J connectivity index is 3.51. The molecule has 0 heterocycles. The summed E-state index contributed by atoms with van der Waals surface area (Å²) in [7, 11) is 0. The maximum atomic E-state index is 12.2. The molecular formula is C34H70N4O3. The molecule has 0 saturated carbocycles. The number of aliphatic carboxylic acids is 1. The monoisotopic (exact) mass is 583 g/mol. The van der Waals surface area contributed by atoms with Crippen LogP contribution in [-0.2, 0) is 9.59 Å². The number of carboxylic acids is 1. The van der Waals surface area contributed by atoms with Gasteiger partial charge in [-0.2, -0.15) is 0 Å². The van der Waals surface area contributed by atoms with Gasteiger partial charge in [-0.1, -0.05) is 129 Å². The molecule has 41 heavy (non-hydrogen) atoms. The summed E-state index contributed by atoms with van der Waals surface area (Å²) in [6, 6.07) is -0.827. The van der Waals surface area contributed by atoms with E-state index in [1.54, 1.807) is 0 Å². The normalized spacial score (nSPS) is 12.0. The van der Waals surface area contributed by atoms with Gasteiger partial charge in [0.2, 0.25) is 5.91 Å². The summed E-state index contributed by atoms with van der Waals surface area (Å²) in [4.78, 5) is 23.8. The molecule has 0 radical (unpaired) electrons. The second-order valence-corrected chi connectivity index (χ2v) is 12.0. The van der Waals surface area contributed by atoms with Crippen LogP contribution in [0.2, 0.25) is 0 Å². The molecule has 0 unspecified atom stereocenters. The van der Waals surface area contributed by atoms with Crippen molar-refractivity contribution in [1.82, 2.24) is 21.3 Å². The van der Waals surface area contributed by atoms with Crippen LogP contribution in [0.1, 0.15) is 162 Å². The highest BCUT2D eigenvalue weighted by molar-refractivity contribution is 5.84. The zero-order valence-corrected chi connectivity index (χ0v) is 27.3. The number of hydrogen-bond donors (Lipinski definition) is 5. The van der Waals surface area contributed by atoms with Gasteiger partial charge in [-0.25, -0.2) is 0 Å². The maximum Gasteiger partial charge on any atom is 0.321 e. The third kappa shape index (κ3) is 31.6. The molecule has 0 spiro atoms. The number of hydrogen-bond acceptors (Lipinski definition) is 5. The quantitative estimate of drug-likeness (QED) is 0.0509. The number of unbranched alkanes of at least 4 members (excludes halogenated alkanes) is 18. The summed E-state index contributed by atoms with van der Waals surface area (Å²) >= 11 is 0. The highest BCUT2D eigenvalue weighted by Gasteiger charge is 2.20. The van der Waals surface area contributed by atoms with Gasteiger partial charge in [0, 0.05) is 6.54 Å². The van der Waals surface area contributed by atoms with Crippen molar-refractivity contribution < 1.29 is 14.7 Å². The Morgan fingerprint density at radius 2 is 0.854 bits per heavy atom. The van der Waals surface area contributed by atoms with Crippen molar-refractivity contribution in [1.29, 1.82) is 0 Å². The maximum absolute atomic E-state index is 12.2. The summed E-state index contributed by atoms with van der Waals surface area (Å²) in [6.07, 6.45) is 28.6. The number of carbonyl (C=O) groups excluding carboxylic acids is 1. The van der Waals surface area contributed by atoms with Crippen molar-refractivity contribution in [2.24, 2.45) is 0 Å². The van der Waals surface area contributed by atoms with Crippen molar-refractivity contribution in [2.45, 2.75) is 168 Å². The lowest BCUT2D eigenvalue weighted by molar-refractivity contribution is -0.141. The molecular weight excluding hydrogens is 512 g/mol. The molecule has 7 heteroatoms. The smallest absolute Gasteiger partial charge is 0.321 e. The molecule has 0 bridgehead atoms. The molecule has 0 saturated heterocycles. The lowest BCUT2D eigenvalue weighted by Crippen LogP contribution is -2.42. The topological polar surface area (TPSA) is 102 Å². The zero-order valence-electron chi connectivity index (χ0n) is 27.3. The minimum absolute atomic E-state index is 0.0204. The predicted octanol–water partition coefficient (Wildman–Crippen LogP) is 7.34. The highest BCUT2D eigenvalue weighted by Crippen LogP contribution is 2.11. The Morgan fingerprint density at radius 1 is 0.488 bits per heavy atom. The Hall–Kier alpha value is -1.18. The molecule has 1 amide bonds. The average Bonchev–Trinajstić information content (AvgIpc) is 2.96. The van der Waals surface area contributed by atoms with Gasteiger partial charge in [-0.05, 0) is 58.4 Å². The van der Waals surface area contributed by atoms with Gasteiger partial charge in [-0.3, -0.25) is 9.59 Å². The first-order valence-electron chi connectivity index (χ1n) is 17.8. The van der Waals surface area contributed by atoms with Crippen LogP contribution in [0.15, 0.2) is 0 Å². The number of carbonyl (C=O) groups is 2. The summed E-state index contributed by atoms with van der Waals surface area (Å²) in [5.41, 5.74) is 0. The fraction of sp³-hybridized carbons (Fsp3) is 0.941. The van der Waals surface area contributed by atoms with Crippen LogP contribution in [0.25, 0.3) is 0 Å². The Labute approximate surface area is 254 Å². The lowest BCUT2D eigenvalue weighted by atomic mass is 10.1. The zero-order chi connectivity index (χ0) is 30.1. The molecule has 5 N–H and O–H groups in total. The Morgan fingerprint density at radius 3 is 1.27 bits per heavy atom. The van der Waals surface area contributed by atoms with Gasteiger partial charge in [0.05, 0.1) is 6.42 Å². The van der Waals surface area contributed by atoms with Gasteiger partial charge in [0.15, 0.2) is 0 Å². The Bertz CT molecular complexity index is 562. The molecule has 0 rings (SSSR count). The van der Waals surface area contributed by atoms with Crippen molar-refractivity contribution in [3.05, 3.63) is 0 Å². The minimum Gasteiger partial charge on any atom is -0.480 e. The Kier molecular flexibility index (Phi) is 32.4. The van der Waals surface area contributed by atoms with E-state index < -0.39 is 12.0 Å². The molecule has 0 aromatic carbocycles. The van der Waals surface area contributed by atoms with Gasteiger partial charge in [0.1, 0.15) is 6.04 Å². The van der Waals surface area contributed by atoms with E-state index in [9.17, 15) is 14.7 Å². The first kappa shape index (κ1) is 39.8. The largest absolute Gasteiger partial charge is 0.480 e. The van der Waals surface area contributed by atoms with E-state index in [0.29, 0.717) is 13.1 Å². The lowest BCUT2D eigenvalue weighted by Gasteiger charge is -2.14. The average molecular weight is 583 g/mol. The molecule has 0 aromatic rings. The van der Waals surface area contributed by atoms with Crippen LogP contribution in [0.4, 0.5) is 0 Å². The van der Waals surface area contributed by atoms with Crippen LogP contribution in [0.3, 0.4) is 0 Å². The molecule has 0 aliphatic heterocycles. The number of nitrogens with one attached hydrogen (secondary N) is 4. The summed E-state index contributed by atoms with van der Waals surface area (Å²) in [6.45, 7) is 9.51. The van der Waals surface area contributed by atoms with Crippen LogP contribution < -0.4 is 21.3 Å². The van der Waals surface area contributed by atoms with Crippen molar-refractivity contribution in [3.63, 3.8) is 0 Å². The minimum atomic E-state index is -0.961. The van der Waals surface area contributed by atoms with Gasteiger partial charge < -0.3 is 26.4 Å². The van der Waals surface area contributed by atoms with E-state index >= 15 is 0 Å². The fourth-order valence-electron chi connectivity index (χ4n) is 5.16. The van der Waals surface area contributed by atoms with Crippen molar-refractivity contribution in [3.8, 4) is 0 Å². The second-order valence-electron chi connectivity index (χ2n) is 12.0. The summed E-state index contributed by atoms with van der Waals surface area (Å²) in [5, 5.41) is 22.3. The van der Waals surface area contributed by atoms with Gasteiger partial charge in [0.25, 0.3) is 0 Å². The number of rotatable bonds is 34. The summed E-state index contributed by atoms with van der Waals surface area (Å²) in [5.74, 6) is -1.16. The second kappa shape index (κ2) is 33.3.